The second kappa shape index (κ2) is 7.82. The second-order valence-corrected chi connectivity index (χ2v) is 6.97. The molecule has 2 aromatic carbocycles. The van der Waals surface area contributed by atoms with Crippen molar-refractivity contribution in [3.63, 3.8) is 0 Å². The van der Waals surface area contributed by atoms with Crippen LogP contribution in [0.4, 0.5) is 0 Å². The van der Waals surface area contributed by atoms with Gasteiger partial charge in [-0.1, -0.05) is 29.8 Å². The van der Waals surface area contributed by atoms with Crippen LogP contribution in [0.5, 0.6) is 5.75 Å². The Morgan fingerprint density at radius 3 is 2.57 bits per heavy atom. The number of hydrogen-bond donors (Lipinski definition) is 2. The van der Waals surface area contributed by atoms with Gasteiger partial charge in [0.25, 0.3) is 11.5 Å². The van der Waals surface area contributed by atoms with Crippen LogP contribution in [0.2, 0.25) is 5.02 Å². The highest BCUT2D eigenvalue weighted by atomic mass is 35.5. The van der Waals surface area contributed by atoms with Gasteiger partial charge in [-0.25, -0.2) is 10.1 Å². The highest BCUT2D eigenvalue weighted by Crippen LogP contribution is 2.22. The van der Waals surface area contributed by atoms with Gasteiger partial charge in [0.1, 0.15) is 5.75 Å². The molecule has 0 radical (unpaired) electrons. The number of carbonyl (C=O) groups is 1. The Balaban J connectivity index is 2.01. The standard InChI is InChI=1S/C20H19ClN4O3/c1-11(2)25-20(28)15-7-5-4-6-14(15)18(24-25)19(27)23-22-12(3)16-10-13(21)8-9-17(16)26/h4-11,26H,1-3H3,(H,23,27)/b22-12+. The molecule has 0 saturated heterocycles. The van der Waals surface area contributed by atoms with E-state index in [1.54, 1.807) is 43.3 Å². The van der Waals surface area contributed by atoms with Gasteiger partial charge in [-0.05, 0) is 45.0 Å². The van der Waals surface area contributed by atoms with Crippen LogP contribution in [0, 0.1) is 0 Å². The summed E-state index contributed by atoms with van der Waals surface area (Å²) in [5, 5.41) is 19.5. The van der Waals surface area contributed by atoms with Crippen molar-refractivity contribution in [3.8, 4) is 5.75 Å². The smallest absolute Gasteiger partial charge is 0.292 e. The molecule has 0 fully saturated rings. The molecule has 1 aromatic heterocycles. The maximum absolute atomic E-state index is 12.7. The van der Waals surface area contributed by atoms with Gasteiger partial charge < -0.3 is 5.11 Å². The Morgan fingerprint density at radius 2 is 1.89 bits per heavy atom. The SMILES string of the molecule is C/C(=N\NC(=O)c1nn(C(C)C)c(=O)c2ccccc12)c1cc(Cl)ccc1O. The van der Waals surface area contributed by atoms with Gasteiger partial charge in [0, 0.05) is 16.0 Å². The molecule has 1 amide bonds. The topological polar surface area (TPSA) is 96.6 Å². The summed E-state index contributed by atoms with van der Waals surface area (Å²) in [6, 6.07) is 11.1. The van der Waals surface area contributed by atoms with E-state index in [4.69, 9.17) is 11.6 Å². The average molecular weight is 399 g/mol. The minimum Gasteiger partial charge on any atom is -0.507 e. The molecule has 0 saturated carbocycles. The summed E-state index contributed by atoms with van der Waals surface area (Å²) in [5.74, 6) is -0.566. The van der Waals surface area contributed by atoms with Gasteiger partial charge in [-0.3, -0.25) is 9.59 Å². The number of nitrogens with one attached hydrogen (secondary N) is 1. The van der Waals surface area contributed by atoms with Crippen LogP contribution in [0.1, 0.15) is 42.9 Å². The molecule has 0 atom stereocenters. The largest absolute Gasteiger partial charge is 0.507 e. The van der Waals surface area contributed by atoms with Crippen LogP contribution in [0.15, 0.2) is 52.4 Å². The van der Waals surface area contributed by atoms with Crippen LogP contribution in [0.3, 0.4) is 0 Å². The molecule has 0 bridgehead atoms. The van der Waals surface area contributed by atoms with Gasteiger partial charge in [-0.2, -0.15) is 10.2 Å². The Morgan fingerprint density at radius 1 is 1.21 bits per heavy atom. The predicted octanol–water partition coefficient (Wildman–Crippen LogP) is 3.49. The summed E-state index contributed by atoms with van der Waals surface area (Å²) < 4.78 is 1.27. The molecule has 144 valence electrons. The Bertz CT molecular complexity index is 1150. The lowest BCUT2D eigenvalue weighted by atomic mass is 10.1. The molecule has 0 unspecified atom stereocenters. The van der Waals surface area contributed by atoms with Gasteiger partial charge in [0.2, 0.25) is 0 Å². The van der Waals surface area contributed by atoms with E-state index < -0.39 is 5.91 Å². The number of amides is 1. The fraction of sp³-hybridized carbons (Fsp3) is 0.200. The molecule has 1 heterocycles. The molecule has 0 aliphatic rings. The zero-order chi connectivity index (χ0) is 20.4. The number of phenolic OH excluding ortho intramolecular Hbond substituents is 1. The summed E-state index contributed by atoms with van der Waals surface area (Å²) in [7, 11) is 0. The van der Waals surface area contributed by atoms with Gasteiger partial charge >= 0.3 is 0 Å². The second-order valence-electron chi connectivity index (χ2n) is 6.54. The number of hydrazone groups is 1. The number of rotatable bonds is 4. The maximum atomic E-state index is 12.7. The van der Waals surface area contributed by atoms with E-state index >= 15 is 0 Å². The minimum atomic E-state index is -0.563. The Labute approximate surface area is 166 Å². The van der Waals surface area contributed by atoms with Crippen molar-refractivity contribution in [2.75, 3.05) is 0 Å². The Hall–Kier alpha value is -3.19. The van der Waals surface area contributed by atoms with Gasteiger partial charge in [0.15, 0.2) is 5.69 Å². The normalized spacial score (nSPS) is 11.8. The molecule has 3 aromatic rings. The Kier molecular flexibility index (Phi) is 5.46. The zero-order valence-corrected chi connectivity index (χ0v) is 16.4. The first kappa shape index (κ1) is 19.6. The number of carbonyl (C=O) groups excluding carboxylic acids is 1. The summed E-state index contributed by atoms with van der Waals surface area (Å²) in [4.78, 5) is 25.3. The van der Waals surface area contributed by atoms with E-state index in [0.29, 0.717) is 27.1 Å². The number of halogens is 1. The molecule has 0 aliphatic carbocycles. The third-order valence-corrected chi connectivity index (χ3v) is 4.44. The molecule has 8 heteroatoms. The first-order chi connectivity index (χ1) is 13.3. The first-order valence-corrected chi connectivity index (χ1v) is 9.02. The first-order valence-electron chi connectivity index (χ1n) is 8.64. The van der Waals surface area contributed by atoms with Crippen LogP contribution >= 0.6 is 11.6 Å². The molecular weight excluding hydrogens is 380 g/mol. The monoisotopic (exact) mass is 398 g/mol. The predicted molar refractivity (Wildman–Crippen MR) is 109 cm³/mol. The molecule has 3 rings (SSSR count). The highest BCUT2D eigenvalue weighted by molar-refractivity contribution is 6.31. The average Bonchev–Trinajstić information content (AvgIpc) is 2.68. The van der Waals surface area contributed by atoms with Crippen molar-refractivity contribution in [2.45, 2.75) is 26.8 Å². The van der Waals surface area contributed by atoms with Gasteiger partial charge in [0.05, 0.1) is 17.1 Å². The third-order valence-electron chi connectivity index (χ3n) is 4.21. The van der Waals surface area contributed by atoms with Crippen molar-refractivity contribution in [2.24, 2.45) is 5.10 Å². The van der Waals surface area contributed by atoms with E-state index in [1.165, 1.54) is 10.7 Å². The van der Waals surface area contributed by atoms with E-state index in [-0.39, 0.29) is 23.0 Å². The van der Waals surface area contributed by atoms with Crippen LogP contribution in [-0.2, 0) is 0 Å². The lowest BCUT2D eigenvalue weighted by Crippen LogP contribution is -2.30. The number of nitrogens with zero attached hydrogens (tertiary/aromatic N) is 3. The summed E-state index contributed by atoms with van der Waals surface area (Å²) in [5.41, 5.74) is 3.04. The number of aromatic nitrogens is 2. The van der Waals surface area contributed by atoms with Crippen LogP contribution in [-0.4, -0.2) is 26.5 Å². The van der Waals surface area contributed by atoms with Crippen molar-refractivity contribution >= 4 is 34.0 Å². The quantitative estimate of drug-likeness (QED) is 0.519. The molecule has 28 heavy (non-hydrogen) atoms. The van der Waals surface area contributed by atoms with E-state index in [1.807, 2.05) is 13.8 Å². The zero-order valence-electron chi connectivity index (χ0n) is 15.6. The molecule has 0 spiro atoms. The highest BCUT2D eigenvalue weighted by Gasteiger charge is 2.18. The van der Waals surface area contributed by atoms with Gasteiger partial charge in [-0.15, -0.1) is 0 Å². The summed E-state index contributed by atoms with van der Waals surface area (Å²) in [6.45, 7) is 5.26. The third kappa shape index (κ3) is 3.75. The summed E-state index contributed by atoms with van der Waals surface area (Å²) in [6.07, 6.45) is 0. The van der Waals surface area contributed by atoms with Crippen molar-refractivity contribution in [1.29, 1.82) is 0 Å². The number of benzene rings is 2. The lowest BCUT2D eigenvalue weighted by molar-refractivity contribution is 0.0949. The maximum Gasteiger partial charge on any atom is 0.292 e. The molecular formula is C20H19ClN4O3. The fourth-order valence-electron chi connectivity index (χ4n) is 2.77. The minimum absolute atomic E-state index is 0.00293. The van der Waals surface area contributed by atoms with E-state index in [2.05, 4.69) is 15.6 Å². The fourth-order valence-corrected chi connectivity index (χ4v) is 2.94. The molecule has 2 N–H and O–H groups in total. The van der Waals surface area contributed by atoms with E-state index in [0.717, 1.165) is 0 Å². The lowest BCUT2D eigenvalue weighted by Gasteiger charge is -2.12. The van der Waals surface area contributed by atoms with Crippen molar-refractivity contribution < 1.29 is 9.90 Å². The van der Waals surface area contributed by atoms with Crippen molar-refractivity contribution in [1.82, 2.24) is 15.2 Å². The number of fused-ring (bicyclic) bond motifs is 1. The van der Waals surface area contributed by atoms with Crippen LogP contribution < -0.4 is 11.0 Å². The van der Waals surface area contributed by atoms with E-state index in [9.17, 15) is 14.7 Å². The number of phenols is 1. The summed E-state index contributed by atoms with van der Waals surface area (Å²) >= 11 is 5.95. The molecule has 7 nitrogen and oxygen atoms in total. The number of aromatic hydroxyl groups is 1. The number of hydrogen-bond acceptors (Lipinski definition) is 5. The molecule has 0 aliphatic heterocycles. The van der Waals surface area contributed by atoms with Crippen LogP contribution in [0.25, 0.3) is 10.8 Å². The van der Waals surface area contributed by atoms with Crippen molar-refractivity contribution in [3.05, 3.63) is 69.1 Å².